The molecule has 1 aliphatic heterocycles. The Labute approximate surface area is 164 Å². The highest BCUT2D eigenvalue weighted by Gasteiger charge is 2.21. The van der Waals surface area contributed by atoms with Crippen LogP contribution in [0.2, 0.25) is 0 Å². The quantitative estimate of drug-likeness (QED) is 0.635. The first-order valence-electron chi connectivity index (χ1n) is 9.26. The lowest BCUT2D eigenvalue weighted by molar-refractivity contribution is -0.115. The molecule has 0 saturated carbocycles. The van der Waals surface area contributed by atoms with Crippen LogP contribution in [0.3, 0.4) is 0 Å². The molecule has 0 unspecified atom stereocenters. The van der Waals surface area contributed by atoms with Gasteiger partial charge in [-0.3, -0.25) is 9.69 Å². The number of carbonyl (C=O) groups is 1. The average molecular weight is 378 g/mol. The maximum atomic E-state index is 12.2. The number of para-hydroxylation sites is 1. The minimum absolute atomic E-state index is 0.0270. The van der Waals surface area contributed by atoms with Crippen LogP contribution >= 0.6 is 11.3 Å². The molecular weight excluding hydrogens is 354 g/mol. The highest BCUT2D eigenvalue weighted by Crippen LogP contribution is 2.32. The average Bonchev–Trinajstić information content (AvgIpc) is 3.10. The molecule has 3 aromatic rings. The molecule has 1 aliphatic rings. The fourth-order valence-corrected chi connectivity index (χ4v) is 4.52. The van der Waals surface area contributed by atoms with E-state index < -0.39 is 0 Å². The Kier molecular flexibility index (Phi) is 4.94. The Balaban J connectivity index is 1.58. The van der Waals surface area contributed by atoms with Crippen LogP contribution in [0.15, 0.2) is 53.9 Å². The maximum Gasteiger partial charge on any atom is 0.230 e. The molecule has 0 radical (unpaired) electrons. The second-order valence-electron chi connectivity index (χ2n) is 6.97. The number of benzene rings is 2. The van der Waals surface area contributed by atoms with Gasteiger partial charge in [0.25, 0.3) is 0 Å². The molecule has 0 N–H and O–H groups in total. The first-order chi connectivity index (χ1) is 13.1. The highest BCUT2D eigenvalue weighted by molar-refractivity contribution is 7.14. The highest BCUT2D eigenvalue weighted by atomic mass is 32.1. The number of nitrogens with zero attached hydrogens (tertiary/aromatic N) is 3. The smallest absolute Gasteiger partial charge is 0.230 e. The fourth-order valence-electron chi connectivity index (χ4n) is 3.64. The van der Waals surface area contributed by atoms with E-state index in [1.54, 1.807) is 11.8 Å². The van der Waals surface area contributed by atoms with Crippen molar-refractivity contribution in [1.29, 1.82) is 0 Å². The number of amides is 1. The number of fused-ring (bicyclic) bond motifs is 1. The van der Waals surface area contributed by atoms with Crippen molar-refractivity contribution < 1.29 is 4.79 Å². The summed E-state index contributed by atoms with van der Waals surface area (Å²) in [6.45, 7) is 5.54. The zero-order chi connectivity index (χ0) is 18.8. The van der Waals surface area contributed by atoms with Crippen molar-refractivity contribution in [3.63, 3.8) is 0 Å². The number of rotatable bonds is 4. The first-order valence-corrected chi connectivity index (χ1v) is 10.1. The summed E-state index contributed by atoms with van der Waals surface area (Å²) in [6, 6.07) is 16.4. The third-order valence-corrected chi connectivity index (χ3v) is 5.74. The van der Waals surface area contributed by atoms with Gasteiger partial charge in [0.05, 0.1) is 17.9 Å². The van der Waals surface area contributed by atoms with Crippen LogP contribution in [0.25, 0.3) is 0 Å². The molecule has 2 heterocycles. The van der Waals surface area contributed by atoms with Crippen molar-refractivity contribution in [2.45, 2.75) is 33.2 Å². The zero-order valence-corrected chi connectivity index (χ0v) is 16.5. The van der Waals surface area contributed by atoms with Gasteiger partial charge in [-0.25, -0.2) is 4.98 Å². The minimum Gasteiger partial charge on any atom is -0.365 e. The van der Waals surface area contributed by atoms with Crippen LogP contribution in [-0.4, -0.2) is 17.4 Å². The SMILES string of the molecule is CC(=O)N(c1ccccc1)c1nc(CN2CCCc3cc(C)ccc32)cs1. The van der Waals surface area contributed by atoms with Crippen molar-refractivity contribution in [2.24, 2.45) is 0 Å². The third-order valence-electron chi connectivity index (χ3n) is 4.86. The van der Waals surface area contributed by atoms with Gasteiger partial charge in [-0.15, -0.1) is 11.3 Å². The Morgan fingerprint density at radius 2 is 2.04 bits per heavy atom. The van der Waals surface area contributed by atoms with Gasteiger partial charge in [0, 0.05) is 24.5 Å². The number of hydrogen-bond donors (Lipinski definition) is 0. The molecule has 0 bridgehead atoms. The van der Waals surface area contributed by atoms with E-state index in [1.165, 1.54) is 28.2 Å². The summed E-state index contributed by atoms with van der Waals surface area (Å²) >= 11 is 1.52. The number of aromatic nitrogens is 1. The van der Waals surface area contributed by atoms with Crippen molar-refractivity contribution in [1.82, 2.24) is 4.98 Å². The molecule has 4 rings (SSSR count). The van der Waals surface area contributed by atoms with Gasteiger partial charge in [-0.2, -0.15) is 0 Å². The number of hydrogen-bond acceptors (Lipinski definition) is 4. The predicted molar refractivity (Wildman–Crippen MR) is 112 cm³/mol. The Morgan fingerprint density at radius 3 is 2.81 bits per heavy atom. The van der Waals surface area contributed by atoms with E-state index in [0.29, 0.717) is 0 Å². The van der Waals surface area contributed by atoms with Crippen LogP contribution in [0.5, 0.6) is 0 Å². The summed E-state index contributed by atoms with van der Waals surface area (Å²) in [6.07, 6.45) is 2.30. The summed E-state index contributed by atoms with van der Waals surface area (Å²) < 4.78 is 0. The van der Waals surface area contributed by atoms with Crippen molar-refractivity contribution in [3.8, 4) is 0 Å². The maximum absolute atomic E-state index is 12.2. The molecule has 2 aromatic carbocycles. The van der Waals surface area contributed by atoms with Gasteiger partial charge >= 0.3 is 0 Å². The van der Waals surface area contributed by atoms with Crippen molar-refractivity contribution >= 4 is 33.8 Å². The van der Waals surface area contributed by atoms with E-state index >= 15 is 0 Å². The molecule has 0 saturated heterocycles. The zero-order valence-electron chi connectivity index (χ0n) is 15.7. The van der Waals surface area contributed by atoms with Crippen LogP contribution in [0, 0.1) is 6.92 Å². The van der Waals surface area contributed by atoms with E-state index in [-0.39, 0.29) is 5.91 Å². The number of carbonyl (C=O) groups excluding carboxylic acids is 1. The molecule has 0 spiro atoms. The summed E-state index contributed by atoms with van der Waals surface area (Å²) in [5.74, 6) is -0.0270. The van der Waals surface area contributed by atoms with Gasteiger partial charge in [-0.1, -0.05) is 35.9 Å². The molecule has 4 nitrogen and oxygen atoms in total. The molecular formula is C22H23N3OS. The molecule has 27 heavy (non-hydrogen) atoms. The number of thiazole rings is 1. The van der Waals surface area contributed by atoms with Gasteiger partial charge in [0.2, 0.25) is 5.91 Å². The molecule has 1 amide bonds. The molecule has 0 fully saturated rings. The molecule has 0 atom stereocenters. The van der Waals surface area contributed by atoms with Gasteiger partial charge in [0.15, 0.2) is 5.13 Å². The molecule has 1 aromatic heterocycles. The second kappa shape index (κ2) is 7.53. The Bertz CT molecular complexity index is 951. The van der Waals surface area contributed by atoms with E-state index in [4.69, 9.17) is 4.98 Å². The largest absolute Gasteiger partial charge is 0.365 e. The standard InChI is InChI=1S/C22H23N3OS/c1-16-10-11-21-18(13-16)7-6-12-24(21)14-19-15-27-22(23-19)25(17(2)26)20-8-4-3-5-9-20/h3-5,8-11,13,15H,6-7,12,14H2,1-2H3. The lowest BCUT2D eigenvalue weighted by Crippen LogP contribution is -2.29. The van der Waals surface area contributed by atoms with Crippen molar-refractivity contribution in [3.05, 3.63) is 70.7 Å². The van der Waals surface area contributed by atoms with Crippen LogP contribution in [0.1, 0.15) is 30.2 Å². The van der Waals surface area contributed by atoms with Crippen LogP contribution in [0.4, 0.5) is 16.5 Å². The van der Waals surface area contributed by atoms with Gasteiger partial charge < -0.3 is 4.90 Å². The fraction of sp³-hybridized carbons (Fsp3) is 0.273. The summed E-state index contributed by atoms with van der Waals surface area (Å²) in [5, 5.41) is 2.79. The topological polar surface area (TPSA) is 36.4 Å². The monoisotopic (exact) mass is 377 g/mol. The van der Waals surface area contributed by atoms with E-state index in [9.17, 15) is 4.79 Å². The van der Waals surface area contributed by atoms with Crippen LogP contribution < -0.4 is 9.80 Å². The predicted octanol–water partition coefficient (Wildman–Crippen LogP) is 5.09. The Hall–Kier alpha value is -2.66. The van der Waals surface area contributed by atoms with E-state index in [0.717, 1.165) is 42.4 Å². The summed E-state index contributed by atoms with van der Waals surface area (Å²) in [7, 11) is 0. The molecule has 138 valence electrons. The second-order valence-corrected chi connectivity index (χ2v) is 7.81. The lowest BCUT2D eigenvalue weighted by atomic mass is 9.99. The van der Waals surface area contributed by atoms with Crippen molar-refractivity contribution in [2.75, 3.05) is 16.3 Å². The summed E-state index contributed by atoms with van der Waals surface area (Å²) in [4.78, 5) is 21.1. The van der Waals surface area contributed by atoms with E-state index in [2.05, 4.69) is 35.4 Å². The van der Waals surface area contributed by atoms with E-state index in [1.807, 2.05) is 30.3 Å². The Morgan fingerprint density at radius 1 is 1.22 bits per heavy atom. The molecule has 0 aliphatic carbocycles. The van der Waals surface area contributed by atoms with Gasteiger partial charge in [-0.05, 0) is 43.5 Å². The minimum atomic E-state index is -0.0270. The normalized spacial score (nSPS) is 13.3. The third kappa shape index (κ3) is 3.74. The number of anilines is 3. The lowest BCUT2D eigenvalue weighted by Gasteiger charge is -2.31. The first kappa shape index (κ1) is 17.7. The number of aryl methyl sites for hydroxylation is 2. The molecule has 5 heteroatoms. The summed E-state index contributed by atoms with van der Waals surface area (Å²) in [5.41, 5.74) is 5.90. The van der Waals surface area contributed by atoms with Crippen LogP contribution in [-0.2, 0) is 17.8 Å². The van der Waals surface area contributed by atoms with Gasteiger partial charge in [0.1, 0.15) is 0 Å².